The maximum Gasteiger partial charge on any atom is 0.274 e. The van der Waals surface area contributed by atoms with Gasteiger partial charge in [0.15, 0.2) is 22.8 Å². The number of carbonyl (C=O) groups excluding carboxylic acids is 4. The summed E-state index contributed by atoms with van der Waals surface area (Å²) in [5.41, 5.74) is 4.01. The molecule has 7 unspecified atom stereocenters. The molecule has 0 aromatic carbocycles. The summed E-state index contributed by atoms with van der Waals surface area (Å²) in [6.07, 6.45) is -7.72. The Hall–Kier alpha value is -2.81. The lowest BCUT2D eigenvalue weighted by Crippen LogP contribution is -2.46. The van der Waals surface area contributed by atoms with Crippen molar-refractivity contribution in [2.24, 2.45) is 5.41 Å². The zero-order valence-corrected chi connectivity index (χ0v) is 33.6. The number of aromatic nitrogens is 4. The van der Waals surface area contributed by atoms with Crippen LogP contribution in [-0.2, 0) is 55.5 Å². The standard InChI is InChI=1S/C27H44N7O19P3S.CH4/c1-27(2,22(40)25(41)30-6-5-17(37)29-7-9-57-18(38)10-15(36)4-3-8-35)12-50-56(47,48)53-55(45,46)49-11-16-21(52-54(42,43)44)20(39)26(51-16)34-14-33-19-23(28)31-13-32-24(19)34;/h13-14,16,20-22,26,35,39-40H,3-12H2,1-2H3,(H,29,37)(H,30,41)(H,45,46)(H,47,48)(H2,28,31,32)(H2,42,43,44);1H4/p-4. The highest BCUT2D eigenvalue weighted by atomic mass is 32.2. The molecule has 26 nitrogen and oxygen atoms in total. The number of Topliss-reactive ketones (excluding diaryl/α,β-unsaturated/α-hetero) is 1. The number of fused-ring (bicyclic) bond motifs is 1. The summed E-state index contributed by atoms with van der Waals surface area (Å²) in [6.45, 7) is -0.348. The number of hydrogen-bond donors (Lipinski definition) is 6. The maximum absolute atomic E-state index is 12.5. The quantitative estimate of drug-likeness (QED) is 0.0338. The Morgan fingerprint density at radius 2 is 1.72 bits per heavy atom. The van der Waals surface area contributed by atoms with Gasteiger partial charge in [-0.05, 0) is 6.42 Å². The predicted octanol–water partition coefficient (Wildman–Crippen LogP) is -3.50. The highest BCUT2D eigenvalue weighted by Crippen LogP contribution is 2.56. The van der Waals surface area contributed by atoms with Crippen LogP contribution in [0.4, 0.5) is 5.82 Å². The van der Waals surface area contributed by atoms with Crippen molar-refractivity contribution in [2.75, 3.05) is 44.4 Å². The highest BCUT2D eigenvalue weighted by Gasteiger charge is 2.47. The van der Waals surface area contributed by atoms with E-state index in [1.807, 2.05) is 0 Å². The van der Waals surface area contributed by atoms with E-state index in [9.17, 15) is 62.7 Å². The van der Waals surface area contributed by atoms with E-state index >= 15 is 0 Å². The van der Waals surface area contributed by atoms with Crippen molar-refractivity contribution in [1.29, 1.82) is 0 Å². The Morgan fingerprint density at radius 1 is 1.05 bits per heavy atom. The number of aliphatic hydroxyl groups excluding tert-OH is 3. The van der Waals surface area contributed by atoms with Crippen LogP contribution in [0, 0.1) is 5.41 Å². The number of ether oxygens (including phenoxy) is 1. The number of rotatable bonds is 24. The van der Waals surface area contributed by atoms with Crippen molar-refractivity contribution in [3.63, 3.8) is 0 Å². The van der Waals surface area contributed by atoms with E-state index in [-0.39, 0.29) is 81.3 Å². The van der Waals surface area contributed by atoms with Gasteiger partial charge in [-0.2, -0.15) is 0 Å². The Kier molecular flexibility index (Phi) is 19.6. The van der Waals surface area contributed by atoms with E-state index in [1.165, 1.54) is 13.8 Å². The average Bonchev–Trinajstić information content (AvgIpc) is 3.67. The van der Waals surface area contributed by atoms with Crippen LogP contribution in [0.25, 0.3) is 11.2 Å². The predicted molar refractivity (Wildman–Crippen MR) is 191 cm³/mol. The Labute approximate surface area is 335 Å². The van der Waals surface area contributed by atoms with Crippen LogP contribution in [0.3, 0.4) is 0 Å². The lowest BCUT2D eigenvalue weighted by Gasteiger charge is -2.36. The Balaban J connectivity index is 0.0000116. The number of anilines is 1. The maximum atomic E-state index is 12.5. The number of nitrogen functional groups attached to an aromatic ring is 1. The second-order valence-corrected chi connectivity index (χ2v) is 18.0. The normalized spacial score (nSPS) is 21.1. The number of carbonyl (C=O) groups is 4. The van der Waals surface area contributed by atoms with Crippen molar-refractivity contribution in [3.8, 4) is 0 Å². The van der Waals surface area contributed by atoms with Gasteiger partial charge in [-0.25, -0.2) is 19.3 Å². The van der Waals surface area contributed by atoms with E-state index in [0.717, 1.165) is 29.0 Å². The molecule has 0 spiro atoms. The number of phosphoric acid groups is 3. The van der Waals surface area contributed by atoms with Crippen molar-refractivity contribution >= 4 is 74.9 Å². The van der Waals surface area contributed by atoms with E-state index in [0.29, 0.717) is 0 Å². The number of hydrogen-bond acceptors (Lipinski definition) is 24. The zero-order valence-electron chi connectivity index (χ0n) is 30.1. The third-order valence-corrected chi connectivity index (χ3v) is 11.6. The molecule has 1 fully saturated rings. The van der Waals surface area contributed by atoms with Crippen molar-refractivity contribution in [2.45, 2.75) is 77.6 Å². The van der Waals surface area contributed by atoms with Crippen LogP contribution < -0.4 is 35.9 Å². The molecule has 7 N–H and O–H groups in total. The van der Waals surface area contributed by atoms with Gasteiger partial charge in [-0.1, -0.05) is 33.0 Å². The number of thioether (sulfide) groups is 1. The first-order valence-corrected chi connectivity index (χ1v) is 21.9. The molecule has 2 aromatic rings. The number of nitrogens with zero attached hydrogens (tertiary/aromatic N) is 4. The van der Waals surface area contributed by atoms with Crippen molar-refractivity contribution in [3.05, 3.63) is 12.7 Å². The van der Waals surface area contributed by atoms with Crippen LogP contribution >= 0.6 is 35.2 Å². The largest absolute Gasteiger partial charge is 0.790 e. The molecule has 30 heteroatoms. The highest BCUT2D eigenvalue weighted by molar-refractivity contribution is 8.13. The topological polar surface area (TPSA) is 412 Å². The summed E-state index contributed by atoms with van der Waals surface area (Å²) in [5, 5.41) is 34.4. The molecule has 2 aromatic heterocycles. The van der Waals surface area contributed by atoms with Gasteiger partial charge < -0.3 is 74.1 Å². The molecule has 2 amide bonds. The second kappa shape index (κ2) is 22.2. The van der Waals surface area contributed by atoms with Crippen LogP contribution in [0.5, 0.6) is 0 Å². The monoisotopic (exact) mass is 907 g/mol. The van der Waals surface area contributed by atoms with Gasteiger partial charge in [-0.15, -0.1) is 0 Å². The zero-order chi connectivity index (χ0) is 42.8. The Morgan fingerprint density at radius 3 is 2.38 bits per heavy atom. The molecule has 0 saturated carbocycles. The minimum Gasteiger partial charge on any atom is -0.790 e. The number of phosphoric ester groups is 3. The Bertz CT molecular complexity index is 1880. The first-order chi connectivity index (χ1) is 26.4. The van der Waals surface area contributed by atoms with E-state index < -0.39 is 89.7 Å². The third-order valence-electron chi connectivity index (χ3n) is 7.70. The van der Waals surface area contributed by atoms with Crippen LogP contribution in [0.15, 0.2) is 12.7 Å². The smallest absolute Gasteiger partial charge is 0.274 e. The third kappa shape index (κ3) is 16.0. The summed E-state index contributed by atoms with van der Waals surface area (Å²) in [7, 11) is -17.6. The first-order valence-electron chi connectivity index (χ1n) is 16.6. The molecule has 0 radical (unpaired) electrons. The molecule has 58 heavy (non-hydrogen) atoms. The van der Waals surface area contributed by atoms with Gasteiger partial charge in [0.05, 0.1) is 33.8 Å². The molecule has 3 rings (SSSR count). The summed E-state index contributed by atoms with van der Waals surface area (Å²) < 4.78 is 60.4. The van der Waals surface area contributed by atoms with E-state index in [2.05, 4.69) is 43.5 Å². The molecule has 0 bridgehead atoms. The molecular formula is C28H44N7O19P3S-4. The molecule has 1 aliphatic heterocycles. The number of nitrogens with two attached hydrogens (primary N) is 1. The molecular weight excluding hydrogens is 863 g/mol. The van der Waals surface area contributed by atoms with Crippen LogP contribution in [-0.4, -0.2) is 121 Å². The van der Waals surface area contributed by atoms with Gasteiger partial charge in [0, 0.05) is 43.7 Å². The lowest BCUT2D eigenvalue weighted by atomic mass is 9.87. The number of aliphatic hydroxyl groups is 3. The van der Waals surface area contributed by atoms with Gasteiger partial charge in [0.1, 0.15) is 42.0 Å². The van der Waals surface area contributed by atoms with Gasteiger partial charge in [0.2, 0.25) is 11.8 Å². The summed E-state index contributed by atoms with van der Waals surface area (Å²) >= 11 is 0.837. The van der Waals surface area contributed by atoms with Gasteiger partial charge in [-0.3, -0.25) is 32.9 Å². The molecule has 1 aliphatic rings. The van der Waals surface area contributed by atoms with Gasteiger partial charge in [0.25, 0.3) is 15.6 Å². The van der Waals surface area contributed by atoms with Crippen molar-refractivity contribution < 1.29 is 90.4 Å². The minimum atomic E-state index is -5.93. The van der Waals surface area contributed by atoms with Crippen molar-refractivity contribution in [1.82, 2.24) is 30.2 Å². The molecule has 1 saturated heterocycles. The second-order valence-electron chi connectivity index (χ2n) is 12.7. The molecule has 7 atom stereocenters. The summed E-state index contributed by atoms with van der Waals surface area (Å²) in [4.78, 5) is 107. The minimum absolute atomic E-state index is 0. The van der Waals surface area contributed by atoms with Crippen LogP contribution in [0.1, 0.15) is 53.2 Å². The molecule has 3 heterocycles. The van der Waals surface area contributed by atoms with E-state index in [4.69, 9.17) is 15.6 Å². The SMILES string of the molecule is C.CC(C)(COP(=O)([O-])OP(=O)([O-])OCC1OC(n2cnc3c(N)ncnc32)C(O)C1OP(=O)([O-])[O-])C(O)C(=O)NCCC(=O)NCCSC(=O)CC(=O)CCCO. The fourth-order valence-corrected chi connectivity index (χ4v) is 8.28. The average molecular weight is 908 g/mol. The first kappa shape index (κ1) is 51.3. The number of amides is 2. The lowest BCUT2D eigenvalue weighted by molar-refractivity contribution is -0.347. The number of ketones is 1. The molecule has 330 valence electrons. The number of imidazole rings is 1. The number of nitrogens with one attached hydrogen (secondary N) is 2. The summed E-state index contributed by atoms with van der Waals surface area (Å²) in [5.74, 6) is -1.82. The molecule has 0 aliphatic carbocycles. The van der Waals surface area contributed by atoms with Crippen LogP contribution in [0.2, 0.25) is 0 Å². The summed E-state index contributed by atoms with van der Waals surface area (Å²) in [6, 6.07) is 0. The van der Waals surface area contributed by atoms with E-state index in [1.54, 1.807) is 0 Å². The fourth-order valence-electron chi connectivity index (χ4n) is 4.85. The fraction of sp³-hybridized carbons (Fsp3) is 0.679. The van der Waals surface area contributed by atoms with Gasteiger partial charge >= 0.3 is 0 Å².